The summed E-state index contributed by atoms with van der Waals surface area (Å²) in [5, 5.41) is 5.45. The van der Waals surface area contributed by atoms with Crippen molar-refractivity contribution in [2.75, 3.05) is 6.61 Å². The van der Waals surface area contributed by atoms with Crippen molar-refractivity contribution in [3.05, 3.63) is 38.0 Å². The minimum absolute atomic E-state index is 0.383. The summed E-state index contributed by atoms with van der Waals surface area (Å²) < 4.78 is 4.85. The molecule has 0 bridgehead atoms. The highest BCUT2D eigenvalue weighted by molar-refractivity contribution is 7.10. The standard InChI is InChI=1S/C14H19N3O2S2/c1-10-16-12(9-20-10)5-4-11-7-13(21-8-11)3-2-6-19-14(18)17-15/h7-9H,2-6,15H2,1H3,(H,17,18). The molecule has 21 heavy (non-hydrogen) atoms. The molecule has 1 amide bonds. The number of thiophene rings is 1. The SMILES string of the molecule is Cc1nc(CCc2csc(CCCOC(=O)NN)c2)cs1. The molecule has 2 aromatic heterocycles. The van der Waals surface area contributed by atoms with E-state index in [1.54, 1.807) is 22.7 Å². The van der Waals surface area contributed by atoms with Gasteiger partial charge in [-0.05, 0) is 49.6 Å². The summed E-state index contributed by atoms with van der Waals surface area (Å²) >= 11 is 3.45. The van der Waals surface area contributed by atoms with Gasteiger partial charge >= 0.3 is 6.09 Å². The average Bonchev–Trinajstić information content (AvgIpc) is 3.10. The molecule has 0 spiro atoms. The van der Waals surface area contributed by atoms with Gasteiger partial charge in [-0.2, -0.15) is 0 Å². The van der Waals surface area contributed by atoms with Gasteiger partial charge in [-0.25, -0.2) is 15.6 Å². The lowest BCUT2D eigenvalue weighted by Crippen LogP contribution is -2.30. The van der Waals surface area contributed by atoms with Crippen LogP contribution in [0.2, 0.25) is 0 Å². The summed E-state index contributed by atoms with van der Waals surface area (Å²) in [6, 6.07) is 2.23. The number of hydrogen-bond acceptors (Lipinski definition) is 6. The van der Waals surface area contributed by atoms with Crippen molar-refractivity contribution in [2.24, 2.45) is 5.84 Å². The zero-order valence-electron chi connectivity index (χ0n) is 11.9. The number of aromatic nitrogens is 1. The number of hydrogen-bond donors (Lipinski definition) is 2. The van der Waals surface area contributed by atoms with E-state index < -0.39 is 6.09 Å². The average molecular weight is 325 g/mol. The van der Waals surface area contributed by atoms with Crippen molar-refractivity contribution < 1.29 is 9.53 Å². The molecule has 2 heterocycles. The van der Waals surface area contributed by atoms with Crippen LogP contribution in [-0.4, -0.2) is 17.7 Å². The molecule has 2 aromatic rings. The van der Waals surface area contributed by atoms with Gasteiger partial charge in [0.25, 0.3) is 0 Å². The molecule has 2 rings (SSSR count). The highest BCUT2D eigenvalue weighted by Gasteiger charge is 2.04. The third-order valence-corrected chi connectivity index (χ3v) is 4.83. The van der Waals surface area contributed by atoms with E-state index in [1.807, 2.05) is 12.3 Å². The van der Waals surface area contributed by atoms with Crippen LogP contribution in [0.5, 0.6) is 0 Å². The van der Waals surface area contributed by atoms with Gasteiger partial charge in [-0.3, -0.25) is 5.43 Å². The number of nitrogens with one attached hydrogen (secondary N) is 1. The van der Waals surface area contributed by atoms with Gasteiger partial charge in [0, 0.05) is 10.3 Å². The molecule has 0 aromatic carbocycles. The lowest BCUT2D eigenvalue weighted by molar-refractivity contribution is 0.145. The second kappa shape index (κ2) is 8.11. The van der Waals surface area contributed by atoms with Crippen LogP contribution in [-0.2, 0) is 24.0 Å². The van der Waals surface area contributed by atoms with E-state index in [0.29, 0.717) is 6.61 Å². The number of aryl methyl sites for hydroxylation is 4. The first-order valence-electron chi connectivity index (χ1n) is 6.78. The summed E-state index contributed by atoms with van der Waals surface area (Å²) in [4.78, 5) is 16.6. The molecular formula is C14H19N3O2S2. The highest BCUT2D eigenvalue weighted by atomic mass is 32.1. The maximum atomic E-state index is 10.8. The summed E-state index contributed by atoms with van der Waals surface area (Å²) in [5.74, 6) is 4.92. The highest BCUT2D eigenvalue weighted by Crippen LogP contribution is 2.19. The second-order valence-electron chi connectivity index (χ2n) is 4.66. The Balaban J connectivity index is 1.70. The third-order valence-electron chi connectivity index (χ3n) is 2.96. The summed E-state index contributed by atoms with van der Waals surface area (Å²) in [6.45, 7) is 2.41. The van der Waals surface area contributed by atoms with Crippen molar-refractivity contribution in [2.45, 2.75) is 32.6 Å². The maximum Gasteiger partial charge on any atom is 0.421 e. The van der Waals surface area contributed by atoms with Crippen LogP contribution in [0, 0.1) is 6.92 Å². The van der Waals surface area contributed by atoms with Crippen molar-refractivity contribution in [3.63, 3.8) is 0 Å². The fourth-order valence-electron chi connectivity index (χ4n) is 1.94. The Morgan fingerprint density at radius 2 is 2.19 bits per heavy atom. The first-order valence-corrected chi connectivity index (χ1v) is 8.54. The quantitative estimate of drug-likeness (QED) is 0.355. The predicted molar refractivity (Wildman–Crippen MR) is 85.6 cm³/mol. The molecule has 0 radical (unpaired) electrons. The minimum Gasteiger partial charge on any atom is -0.449 e. The van der Waals surface area contributed by atoms with Gasteiger partial charge in [0.1, 0.15) is 0 Å². The number of carbonyl (C=O) groups is 1. The zero-order valence-corrected chi connectivity index (χ0v) is 13.6. The fraction of sp³-hybridized carbons (Fsp3) is 0.429. The van der Waals surface area contributed by atoms with Crippen LogP contribution >= 0.6 is 22.7 Å². The second-order valence-corrected chi connectivity index (χ2v) is 6.72. The van der Waals surface area contributed by atoms with Gasteiger partial charge in [0.2, 0.25) is 0 Å². The first-order chi connectivity index (χ1) is 10.2. The Labute approximate surface area is 132 Å². The topological polar surface area (TPSA) is 77.2 Å². The van der Waals surface area contributed by atoms with E-state index in [-0.39, 0.29) is 0 Å². The van der Waals surface area contributed by atoms with Crippen LogP contribution in [0.25, 0.3) is 0 Å². The van der Waals surface area contributed by atoms with Gasteiger partial charge < -0.3 is 4.74 Å². The number of ether oxygens (including phenoxy) is 1. The molecule has 0 aliphatic rings. The molecule has 114 valence electrons. The number of rotatable bonds is 7. The fourth-order valence-corrected chi connectivity index (χ4v) is 3.55. The number of hydrazine groups is 1. The Morgan fingerprint density at radius 1 is 1.33 bits per heavy atom. The van der Waals surface area contributed by atoms with Crippen LogP contribution in [0.1, 0.15) is 27.6 Å². The van der Waals surface area contributed by atoms with E-state index in [1.165, 1.54) is 16.1 Å². The van der Waals surface area contributed by atoms with E-state index in [9.17, 15) is 4.79 Å². The Hall–Kier alpha value is -1.44. The minimum atomic E-state index is -0.583. The first kappa shape index (κ1) is 15.9. The van der Waals surface area contributed by atoms with Crippen LogP contribution in [0.4, 0.5) is 4.79 Å². The smallest absolute Gasteiger partial charge is 0.421 e. The van der Waals surface area contributed by atoms with E-state index in [4.69, 9.17) is 10.6 Å². The number of carbonyl (C=O) groups excluding carboxylic acids is 1. The Kier molecular flexibility index (Phi) is 6.16. The van der Waals surface area contributed by atoms with Gasteiger partial charge in [-0.15, -0.1) is 22.7 Å². The maximum absolute atomic E-state index is 10.8. The van der Waals surface area contributed by atoms with Gasteiger partial charge in [-0.1, -0.05) is 0 Å². The van der Waals surface area contributed by atoms with Gasteiger partial charge in [0.05, 0.1) is 17.3 Å². The van der Waals surface area contributed by atoms with Crippen molar-refractivity contribution in [3.8, 4) is 0 Å². The van der Waals surface area contributed by atoms with E-state index in [2.05, 4.69) is 21.8 Å². The van der Waals surface area contributed by atoms with Crippen molar-refractivity contribution in [1.82, 2.24) is 10.4 Å². The summed E-state index contributed by atoms with van der Waals surface area (Å²) in [6.07, 6.45) is 3.14. The largest absolute Gasteiger partial charge is 0.449 e. The molecule has 3 N–H and O–H groups in total. The van der Waals surface area contributed by atoms with E-state index >= 15 is 0 Å². The molecule has 0 saturated carbocycles. The van der Waals surface area contributed by atoms with Crippen LogP contribution < -0.4 is 11.3 Å². The third kappa shape index (κ3) is 5.45. The molecule has 7 heteroatoms. The summed E-state index contributed by atoms with van der Waals surface area (Å²) in [5.41, 5.74) is 4.46. The normalized spacial score (nSPS) is 10.6. The molecule has 0 atom stereocenters. The number of thiazole rings is 1. The molecule has 0 unspecified atom stereocenters. The summed E-state index contributed by atoms with van der Waals surface area (Å²) in [7, 11) is 0. The number of nitrogens with zero attached hydrogens (tertiary/aromatic N) is 1. The number of nitrogens with two attached hydrogens (primary N) is 1. The lowest BCUT2D eigenvalue weighted by Gasteiger charge is -2.02. The predicted octanol–water partition coefficient (Wildman–Crippen LogP) is 2.83. The van der Waals surface area contributed by atoms with Crippen molar-refractivity contribution >= 4 is 28.8 Å². The monoisotopic (exact) mass is 325 g/mol. The zero-order chi connectivity index (χ0) is 15.1. The molecule has 0 fully saturated rings. The molecule has 0 aliphatic heterocycles. The lowest BCUT2D eigenvalue weighted by atomic mass is 10.1. The van der Waals surface area contributed by atoms with Crippen LogP contribution in [0.15, 0.2) is 16.8 Å². The van der Waals surface area contributed by atoms with Gasteiger partial charge in [0.15, 0.2) is 0 Å². The Morgan fingerprint density at radius 3 is 2.90 bits per heavy atom. The molecule has 0 saturated heterocycles. The molecular weight excluding hydrogens is 306 g/mol. The van der Waals surface area contributed by atoms with Crippen LogP contribution in [0.3, 0.4) is 0 Å². The number of amides is 1. The molecule has 5 nitrogen and oxygen atoms in total. The van der Waals surface area contributed by atoms with Crippen molar-refractivity contribution in [1.29, 1.82) is 0 Å². The molecule has 0 aliphatic carbocycles. The van der Waals surface area contributed by atoms with E-state index in [0.717, 1.165) is 30.7 Å². The Bertz CT molecular complexity index is 580.